The molecule has 0 heterocycles. The van der Waals surface area contributed by atoms with E-state index in [9.17, 15) is 10.2 Å². The molecule has 0 aromatic carbocycles. The maximum Gasteiger partial charge on any atom is 0.0594 e. The van der Waals surface area contributed by atoms with Crippen molar-refractivity contribution in [1.29, 1.82) is 0 Å². The molecular weight excluding hydrogens is 392 g/mol. The van der Waals surface area contributed by atoms with Crippen LogP contribution in [0.25, 0.3) is 0 Å². The highest BCUT2D eigenvalue weighted by Crippen LogP contribution is 2.75. The summed E-state index contributed by atoms with van der Waals surface area (Å²) in [5, 5.41) is 21.1. The molecule has 0 bridgehead atoms. The van der Waals surface area contributed by atoms with E-state index in [1.165, 1.54) is 57.8 Å². The summed E-state index contributed by atoms with van der Waals surface area (Å²) in [6.45, 7) is 17.8. The van der Waals surface area contributed by atoms with Gasteiger partial charge in [-0.2, -0.15) is 0 Å². The SMILES string of the molecule is CC1(C)[C@@H](O)CC[C@]2(C)[C@H]3CC=C4[C@H]5C[C@@](C)(CO)CC[C@]5(C)CC[C@@]4(C)[C@]3(C)CC[C@@H]12. The standard InChI is InChI=1S/C30H50O2/c1-25(2)22-10-13-30(7)23(28(22,5)12-11-24(25)32)9-8-20-21-18-26(3,19-31)14-15-27(21,4)16-17-29(20,30)6/h8,21-24,31-32H,9-19H2,1-7H3/t21-,22+,23-,24+,26+,27-,28+,29-,30-/m1/s1. The van der Waals surface area contributed by atoms with Crippen LogP contribution in [0.1, 0.15) is 113 Å². The first kappa shape index (κ1) is 23.4. The Balaban J connectivity index is 1.56. The minimum Gasteiger partial charge on any atom is -0.396 e. The van der Waals surface area contributed by atoms with Crippen LogP contribution in [0.3, 0.4) is 0 Å². The molecule has 0 aromatic heterocycles. The van der Waals surface area contributed by atoms with Gasteiger partial charge in [-0.25, -0.2) is 0 Å². The molecule has 0 saturated heterocycles. The van der Waals surface area contributed by atoms with Gasteiger partial charge in [0.2, 0.25) is 0 Å². The summed E-state index contributed by atoms with van der Waals surface area (Å²) in [4.78, 5) is 0. The Hall–Kier alpha value is -0.340. The molecular formula is C30H50O2. The van der Waals surface area contributed by atoms with Crippen molar-refractivity contribution in [2.45, 2.75) is 119 Å². The lowest BCUT2D eigenvalue weighted by atomic mass is 9.33. The molecule has 9 atom stereocenters. The van der Waals surface area contributed by atoms with Gasteiger partial charge in [0.15, 0.2) is 0 Å². The fraction of sp³-hybridized carbons (Fsp3) is 0.933. The third kappa shape index (κ3) is 2.78. The number of aliphatic hydroxyl groups excluding tert-OH is 2. The summed E-state index contributed by atoms with van der Waals surface area (Å²) >= 11 is 0. The summed E-state index contributed by atoms with van der Waals surface area (Å²) in [5.74, 6) is 1.98. The maximum absolute atomic E-state index is 10.9. The summed E-state index contributed by atoms with van der Waals surface area (Å²) in [5.41, 5.74) is 3.26. The first-order valence-corrected chi connectivity index (χ1v) is 13.8. The number of hydrogen-bond acceptors (Lipinski definition) is 2. The van der Waals surface area contributed by atoms with E-state index in [-0.39, 0.29) is 22.3 Å². The van der Waals surface area contributed by atoms with E-state index in [2.05, 4.69) is 54.5 Å². The summed E-state index contributed by atoms with van der Waals surface area (Å²) < 4.78 is 0. The van der Waals surface area contributed by atoms with Gasteiger partial charge in [0.05, 0.1) is 6.10 Å². The normalized spacial score (nSPS) is 56.8. The Labute approximate surface area is 197 Å². The fourth-order valence-electron chi connectivity index (χ4n) is 10.6. The van der Waals surface area contributed by atoms with Crippen LogP contribution < -0.4 is 0 Å². The van der Waals surface area contributed by atoms with E-state index in [0.717, 1.165) is 6.42 Å². The van der Waals surface area contributed by atoms with E-state index in [1.54, 1.807) is 5.57 Å². The lowest BCUT2D eigenvalue weighted by molar-refractivity contribution is -0.203. The van der Waals surface area contributed by atoms with Crippen molar-refractivity contribution in [3.8, 4) is 0 Å². The maximum atomic E-state index is 10.9. The lowest BCUT2D eigenvalue weighted by Gasteiger charge is -2.71. The van der Waals surface area contributed by atoms with Crippen LogP contribution in [-0.2, 0) is 0 Å². The Kier molecular flexibility index (Phi) is 5.02. The van der Waals surface area contributed by atoms with Gasteiger partial charge in [0, 0.05) is 6.61 Å². The molecule has 0 amide bonds. The second-order valence-corrected chi connectivity index (χ2v) is 15.0. The van der Waals surface area contributed by atoms with Gasteiger partial charge in [-0.3, -0.25) is 0 Å². The van der Waals surface area contributed by atoms with Crippen molar-refractivity contribution < 1.29 is 10.2 Å². The second-order valence-electron chi connectivity index (χ2n) is 15.0. The lowest BCUT2D eigenvalue weighted by Crippen LogP contribution is -2.64. The Morgan fingerprint density at radius 1 is 0.844 bits per heavy atom. The zero-order valence-corrected chi connectivity index (χ0v) is 22.1. The van der Waals surface area contributed by atoms with Gasteiger partial charge in [-0.15, -0.1) is 0 Å². The molecule has 2 N–H and O–H groups in total. The molecule has 0 radical (unpaired) electrons. The van der Waals surface area contributed by atoms with Crippen molar-refractivity contribution >= 4 is 0 Å². The monoisotopic (exact) mass is 442 g/mol. The molecule has 0 unspecified atom stereocenters. The van der Waals surface area contributed by atoms with Crippen LogP contribution in [-0.4, -0.2) is 22.9 Å². The Morgan fingerprint density at radius 3 is 2.22 bits per heavy atom. The van der Waals surface area contributed by atoms with Crippen molar-refractivity contribution in [2.24, 2.45) is 50.2 Å². The number of aliphatic hydroxyl groups is 2. The number of allylic oxidation sites excluding steroid dienone is 2. The predicted octanol–water partition coefficient (Wildman–Crippen LogP) is 7.14. The van der Waals surface area contributed by atoms with E-state index in [1.807, 2.05) is 0 Å². The van der Waals surface area contributed by atoms with E-state index < -0.39 is 0 Å². The van der Waals surface area contributed by atoms with Crippen molar-refractivity contribution in [1.82, 2.24) is 0 Å². The van der Waals surface area contributed by atoms with Crippen LogP contribution >= 0.6 is 0 Å². The predicted molar refractivity (Wildman–Crippen MR) is 132 cm³/mol. The molecule has 0 aromatic rings. The van der Waals surface area contributed by atoms with E-state index >= 15 is 0 Å². The highest BCUT2D eigenvalue weighted by Gasteiger charge is 2.67. The molecule has 2 heteroatoms. The third-order valence-electron chi connectivity index (χ3n) is 13.3. The number of hydrogen-bond donors (Lipinski definition) is 2. The quantitative estimate of drug-likeness (QED) is 0.424. The summed E-state index contributed by atoms with van der Waals surface area (Å²) in [6.07, 6.45) is 14.8. The van der Waals surface area contributed by atoms with Crippen LogP contribution in [0.5, 0.6) is 0 Å². The highest BCUT2D eigenvalue weighted by atomic mass is 16.3. The molecule has 5 aliphatic rings. The topological polar surface area (TPSA) is 40.5 Å². The van der Waals surface area contributed by atoms with E-state index in [4.69, 9.17) is 0 Å². The third-order valence-corrected chi connectivity index (χ3v) is 13.3. The molecule has 0 aliphatic heterocycles. The van der Waals surface area contributed by atoms with Crippen molar-refractivity contribution in [3.05, 3.63) is 11.6 Å². The number of fused-ring (bicyclic) bond motifs is 7. The van der Waals surface area contributed by atoms with Gasteiger partial charge in [-0.1, -0.05) is 60.1 Å². The van der Waals surface area contributed by atoms with Gasteiger partial charge in [-0.05, 0) is 114 Å². The fourth-order valence-corrected chi connectivity index (χ4v) is 10.6. The van der Waals surface area contributed by atoms with Gasteiger partial charge >= 0.3 is 0 Å². The Morgan fingerprint density at radius 2 is 1.53 bits per heavy atom. The van der Waals surface area contributed by atoms with Crippen molar-refractivity contribution in [2.75, 3.05) is 6.61 Å². The highest BCUT2D eigenvalue weighted by molar-refractivity contribution is 5.33. The molecule has 0 spiro atoms. The molecule has 4 fully saturated rings. The molecule has 5 rings (SSSR count). The molecule has 182 valence electrons. The average molecular weight is 443 g/mol. The van der Waals surface area contributed by atoms with E-state index in [0.29, 0.717) is 40.6 Å². The van der Waals surface area contributed by atoms with Crippen LogP contribution in [0.15, 0.2) is 11.6 Å². The van der Waals surface area contributed by atoms with Gasteiger partial charge in [0.1, 0.15) is 0 Å². The molecule has 2 nitrogen and oxygen atoms in total. The second kappa shape index (κ2) is 6.87. The summed E-state index contributed by atoms with van der Waals surface area (Å²) in [6, 6.07) is 0. The molecule has 32 heavy (non-hydrogen) atoms. The van der Waals surface area contributed by atoms with Gasteiger partial charge < -0.3 is 10.2 Å². The van der Waals surface area contributed by atoms with Gasteiger partial charge in [0.25, 0.3) is 0 Å². The zero-order chi connectivity index (χ0) is 23.4. The first-order valence-electron chi connectivity index (χ1n) is 13.8. The van der Waals surface area contributed by atoms with Crippen LogP contribution in [0, 0.1) is 50.2 Å². The Bertz CT molecular complexity index is 814. The number of rotatable bonds is 1. The van der Waals surface area contributed by atoms with Crippen molar-refractivity contribution in [3.63, 3.8) is 0 Å². The van der Waals surface area contributed by atoms with Crippen LogP contribution in [0.2, 0.25) is 0 Å². The average Bonchev–Trinajstić information content (AvgIpc) is 2.73. The smallest absolute Gasteiger partial charge is 0.0594 e. The largest absolute Gasteiger partial charge is 0.396 e. The molecule has 4 saturated carbocycles. The minimum absolute atomic E-state index is 0.0245. The summed E-state index contributed by atoms with van der Waals surface area (Å²) in [7, 11) is 0. The van der Waals surface area contributed by atoms with Crippen LogP contribution in [0.4, 0.5) is 0 Å². The first-order chi connectivity index (χ1) is 14.8. The molecule has 5 aliphatic carbocycles. The minimum atomic E-state index is -0.149. The zero-order valence-electron chi connectivity index (χ0n) is 22.1.